The van der Waals surface area contributed by atoms with Crippen LogP contribution in [0.5, 0.6) is 11.5 Å². The number of fused-ring (bicyclic) bond motifs is 4. The number of piperidine rings is 1. The summed E-state index contributed by atoms with van der Waals surface area (Å²) in [6, 6.07) is 35.6. The number of carbonyl (C=O) groups excluding carboxylic acids is 1. The van der Waals surface area contributed by atoms with E-state index >= 15 is 0 Å². The number of carbonyl (C=O) groups is 1. The van der Waals surface area contributed by atoms with Crippen molar-refractivity contribution in [2.45, 2.75) is 38.1 Å². The van der Waals surface area contributed by atoms with Gasteiger partial charge in [-0.1, -0.05) is 84.4 Å². The van der Waals surface area contributed by atoms with E-state index in [4.69, 9.17) is 4.74 Å². The molecule has 0 radical (unpaired) electrons. The first-order valence-corrected chi connectivity index (χ1v) is 14.7. The maximum absolute atomic E-state index is 15.0. The Morgan fingerprint density at radius 2 is 1.35 bits per heavy atom. The Morgan fingerprint density at radius 3 is 1.98 bits per heavy atom. The molecule has 3 atom stereocenters. The number of aryl methyl sites for hydroxylation is 1. The van der Waals surface area contributed by atoms with Gasteiger partial charge in [0, 0.05) is 42.5 Å². The second kappa shape index (κ2) is 10.6. The Hall–Kier alpha value is -3.89. The summed E-state index contributed by atoms with van der Waals surface area (Å²) in [5.74, 6) is 2.25. The second-order valence-electron chi connectivity index (χ2n) is 11.7. The Bertz CT molecular complexity index is 1440. The van der Waals surface area contributed by atoms with E-state index < -0.39 is 5.92 Å². The average Bonchev–Trinajstić information content (AvgIpc) is 3.24. The first kappa shape index (κ1) is 25.1. The molecule has 4 aromatic rings. The highest BCUT2D eigenvalue weighted by Gasteiger charge is 2.48. The summed E-state index contributed by atoms with van der Waals surface area (Å²) in [6.45, 7) is 5.27. The quantitative estimate of drug-likeness (QED) is 0.265. The molecule has 40 heavy (non-hydrogen) atoms. The summed E-state index contributed by atoms with van der Waals surface area (Å²) in [5.41, 5.74) is 5.52. The zero-order chi connectivity index (χ0) is 27.1. The molecule has 4 heteroatoms. The van der Waals surface area contributed by atoms with Crippen LogP contribution in [0.15, 0.2) is 103 Å². The fraction of sp³-hybridized carbons (Fsp3) is 0.306. The third kappa shape index (κ3) is 4.61. The van der Waals surface area contributed by atoms with E-state index in [9.17, 15) is 4.79 Å². The summed E-state index contributed by atoms with van der Waals surface area (Å²) >= 11 is 0. The van der Waals surface area contributed by atoms with E-state index in [2.05, 4.69) is 83.5 Å². The molecule has 1 aliphatic carbocycles. The first-order chi connectivity index (χ1) is 19.7. The van der Waals surface area contributed by atoms with Crippen molar-refractivity contribution < 1.29 is 9.53 Å². The van der Waals surface area contributed by atoms with Crippen LogP contribution >= 0.6 is 0 Å². The van der Waals surface area contributed by atoms with Crippen molar-refractivity contribution in [1.29, 1.82) is 0 Å². The third-order valence-electron chi connectivity index (χ3n) is 9.19. The van der Waals surface area contributed by atoms with Crippen LogP contribution in [0, 0.1) is 18.8 Å². The average molecular weight is 529 g/mol. The summed E-state index contributed by atoms with van der Waals surface area (Å²) in [7, 11) is 0. The molecule has 1 unspecified atom stereocenters. The SMILES string of the molecule is Cc1ccc(N(C(=O)C2c3ccccc3Oc3ccccc32)C2[C@@H]3CC[C@H]2CN(CCc2ccccc2)C3)cc1. The molecule has 0 N–H and O–H groups in total. The standard InChI is InChI=1S/C36H36N2O2/c1-25-15-19-29(20-16-25)38(35-27-17-18-28(35)24-37(23-27)22-21-26-9-3-2-4-10-26)36(39)34-30-11-5-7-13-32(30)40-33-14-8-6-12-31(33)34/h2-16,19-20,27-28,34-35H,17-18,21-24H2,1H3/t27-,28+,35?. The van der Waals surface area contributed by atoms with Crippen molar-refractivity contribution in [3.05, 3.63) is 125 Å². The number of nitrogens with zero attached hydrogens (tertiary/aromatic N) is 2. The monoisotopic (exact) mass is 528 g/mol. The zero-order valence-electron chi connectivity index (χ0n) is 23.1. The maximum atomic E-state index is 15.0. The topological polar surface area (TPSA) is 32.8 Å². The van der Waals surface area contributed by atoms with E-state index in [1.807, 2.05) is 36.4 Å². The van der Waals surface area contributed by atoms with Gasteiger partial charge in [-0.15, -0.1) is 0 Å². The maximum Gasteiger partial charge on any atom is 0.239 e. The molecule has 4 nitrogen and oxygen atoms in total. The van der Waals surface area contributed by atoms with Crippen molar-refractivity contribution in [2.24, 2.45) is 11.8 Å². The number of anilines is 1. The van der Waals surface area contributed by atoms with E-state index in [1.54, 1.807) is 0 Å². The highest BCUT2D eigenvalue weighted by atomic mass is 16.5. The molecule has 1 amide bonds. The van der Waals surface area contributed by atoms with Gasteiger partial charge in [-0.25, -0.2) is 0 Å². The van der Waals surface area contributed by atoms with Crippen LogP contribution in [0.3, 0.4) is 0 Å². The van der Waals surface area contributed by atoms with Gasteiger partial charge in [0.15, 0.2) is 0 Å². The third-order valence-corrected chi connectivity index (χ3v) is 9.19. The van der Waals surface area contributed by atoms with Crippen LogP contribution < -0.4 is 9.64 Å². The molecular formula is C36H36N2O2. The lowest BCUT2D eigenvalue weighted by Crippen LogP contribution is -2.56. The van der Waals surface area contributed by atoms with Gasteiger partial charge in [-0.2, -0.15) is 0 Å². The number of para-hydroxylation sites is 2. The van der Waals surface area contributed by atoms with Gasteiger partial charge in [0.1, 0.15) is 11.5 Å². The molecule has 4 aromatic carbocycles. The van der Waals surface area contributed by atoms with Crippen LogP contribution in [0.1, 0.15) is 41.0 Å². The highest BCUT2D eigenvalue weighted by Crippen LogP contribution is 2.48. The Balaban J connectivity index is 1.23. The number of ether oxygens (including phenoxy) is 1. The molecule has 0 spiro atoms. The number of benzene rings is 4. The van der Waals surface area contributed by atoms with Gasteiger partial charge < -0.3 is 14.5 Å². The highest BCUT2D eigenvalue weighted by molar-refractivity contribution is 6.02. The number of likely N-dealkylation sites (tertiary alicyclic amines) is 1. The lowest BCUT2D eigenvalue weighted by Gasteiger charge is -2.45. The molecule has 0 aromatic heterocycles. The Labute approximate surface area is 237 Å². The van der Waals surface area contributed by atoms with Crippen LogP contribution in [0.2, 0.25) is 0 Å². The normalized spacial score (nSPS) is 21.8. The molecule has 202 valence electrons. The van der Waals surface area contributed by atoms with E-state index in [0.29, 0.717) is 11.8 Å². The van der Waals surface area contributed by atoms with Gasteiger partial charge >= 0.3 is 0 Å². The molecular weight excluding hydrogens is 492 g/mol. The van der Waals surface area contributed by atoms with Crippen LogP contribution in [-0.4, -0.2) is 36.5 Å². The minimum Gasteiger partial charge on any atom is -0.457 e. The van der Waals surface area contributed by atoms with Crippen molar-refractivity contribution in [2.75, 3.05) is 24.5 Å². The molecule has 1 saturated carbocycles. The molecule has 1 saturated heterocycles. The summed E-state index contributed by atoms with van der Waals surface area (Å²) in [4.78, 5) is 19.8. The van der Waals surface area contributed by atoms with Gasteiger partial charge in [0.25, 0.3) is 0 Å². The lowest BCUT2D eigenvalue weighted by molar-refractivity contribution is -0.120. The largest absolute Gasteiger partial charge is 0.457 e. The fourth-order valence-corrected chi connectivity index (χ4v) is 7.29. The number of rotatable bonds is 6. The molecule has 2 aliphatic heterocycles. The summed E-state index contributed by atoms with van der Waals surface area (Å²) in [6.07, 6.45) is 3.42. The Morgan fingerprint density at radius 1 is 0.775 bits per heavy atom. The summed E-state index contributed by atoms with van der Waals surface area (Å²) < 4.78 is 6.26. The van der Waals surface area contributed by atoms with Gasteiger partial charge in [-0.3, -0.25) is 4.79 Å². The number of amides is 1. The summed E-state index contributed by atoms with van der Waals surface area (Å²) in [5, 5.41) is 0. The Kier molecular flexibility index (Phi) is 6.65. The lowest BCUT2D eigenvalue weighted by atomic mass is 9.84. The van der Waals surface area contributed by atoms with Crippen LogP contribution in [-0.2, 0) is 11.2 Å². The fourth-order valence-electron chi connectivity index (χ4n) is 7.29. The minimum absolute atomic E-state index is 0.159. The van der Waals surface area contributed by atoms with E-state index in [-0.39, 0.29) is 11.9 Å². The van der Waals surface area contributed by atoms with E-state index in [1.165, 1.54) is 24.0 Å². The minimum atomic E-state index is -0.391. The molecule has 2 heterocycles. The van der Waals surface area contributed by atoms with Crippen molar-refractivity contribution >= 4 is 11.6 Å². The molecule has 2 bridgehead atoms. The van der Waals surface area contributed by atoms with Gasteiger partial charge in [-0.05, 0) is 67.9 Å². The van der Waals surface area contributed by atoms with Crippen molar-refractivity contribution in [3.63, 3.8) is 0 Å². The van der Waals surface area contributed by atoms with Gasteiger partial charge in [0.05, 0.1) is 5.92 Å². The molecule has 7 rings (SSSR count). The van der Waals surface area contributed by atoms with E-state index in [0.717, 1.165) is 54.4 Å². The van der Waals surface area contributed by atoms with Crippen LogP contribution in [0.4, 0.5) is 5.69 Å². The van der Waals surface area contributed by atoms with Crippen molar-refractivity contribution in [1.82, 2.24) is 4.90 Å². The number of hydrogen-bond donors (Lipinski definition) is 0. The zero-order valence-corrected chi connectivity index (χ0v) is 23.1. The smallest absolute Gasteiger partial charge is 0.239 e. The second-order valence-corrected chi connectivity index (χ2v) is 11.7. The predicted molar refractivity (Wildman–Crippen MR) is 160 cm³/mol. The predicted octanol–water partition coefficient (Wildman–Crippen LogP) is 7.22. The molecule has 2 fully saturated rings. The number of hydrogen-bond acceptors (Lipinski definition) is 3. The van der Waals surface area contributed by atoms with Gasteiger partial charge in [0.2, 0.25) is 5.91 Å². The first-order valence-electron chi connectivity index (χ1n) is 14.7. The molecule has 3 aliphatic rings. The van der Waals surface area contributed by atoms with Crippen LogP contribution in [0.25, 0.3) is 0 Å². The van der Waals surface area contributed by atoms with Crippen molar-refractivity contribution in [3.8, 4) is 11.5 Å².